The zero-order valence-electron chi connectivity index (χ0n) is 23.6. The van der Waals surface area contributed by atoms with Crippen molar-refractivity contribution in [3.63, 3.8) is 0 Å². The first-order valence-electron chi connectivity index (χ1n) is 13.2. The van der Waals surface area contributed by atoms with Crippen molar-refractivity contribution in [2.45, 2.75) is 23.9 Å². The zero-order valence-corrected chi connectivity index (χ0v) is 23.6. The van der Waals surface area contributed by atoms with Crippen LogP contribution in [0.5, 0.6) is 11.5 Å². The fourth-order valence-electron chi connectivity index (χ4n) is 5.09. The quantitative estimate of drug-likeness (QED) is 0.275. The Morgan fingerprint density at radius 2 is 1.56 bits per heavy atom. The third-order valence-electron chi connectivity index (χ3n) is 7.51. The lowest BCUT2D eigenvalue weighted by atomic mass is 9.77. The number of amides is 1. The molecule has 3 aromatic carbocycles. The number of hydrogen-bond donors (Lipinski definition) is 2. The molecule has 0 spiro atoms. The van der Waals surface area contributed by atoms with Crippen LogP contribution in [0.15, 0.2) is 96.0 Å². The van der Waals surface area contributed by atoms with E-state index in [2.05, 4.69) is 15.3 Å². The summed E-state index contributed by atoms with van der Waals surface area (Å²) in [6.45, 7) is -0.112. The van der Waals surface area contributed by atoms with Crippen molar-refractivity contribution in [3.05, 3.63) is 125 Å². The van der Waals surface area contributed by atoms with Crippen molar-refractivity contribution in [3.8, 4) is 11.5 Å². The lowest BCUT2D eigenvalue weighted by molar-refractivity contribution is -0.120. The number of methoxy groups -OCH3 is 2. The van der Waals surface area contributed by atoms with Gasteiger partial charge in [-0.05, 0) is 60.0 Å². The number of hydrogen-bond acceptors (Lipinski definition) is 7. The van der Waals surface area contributed by atoms with E-state index in [9.17, 15) is 4.79 Å². The monoisotopic (exact) mass is 590 g/mol. The maximum Gasteiger partial charge on any atom is 0.311 e. The maximum absolute atomic E-state index is 15.6. The minimum Gasteiger partial charge on any atom is -0.497 e. The molecule has 222 valence electrons. The van der Waals surface area contributed by atoms with E-state index in [-0.39, 0.29) is 11.7 Å². The summed E-state index contributed by atoms with van der Waals surface area (Å²) in [6, 6.07) is 25.3. The van der Waals surface area contributed by atoms with Crippen molar-refractivity contribution in [1.29, 1.82) is 0 Å². The summed E-state index contributed by atoms with van der Waals surface area (Å²) in [5.74, 6) is -4.64. The average Bonchev–Trinajstić information content (AvgIpc) is 3.02. The number of benzene rings is 3. The van der Waals surface area contributed by atoms with Crippen LogP contribution in [-0.4, -0.2) is 43.7 Å². The van der Waals surface area contributed by atoms with Gasteiger partial charge in [0.1, 0.15) is 34.2 Å². The van der Waals surface area contributed by atoms with Crippen molar-refractivity contribution in [2.75, 3.05) is 20.8 Å². The zero-order chi connectivity index (χ0) is 30.8. The van der Waals surface area contributed by atoms with Gasteiger partial charge in [0, 0.05) is 0 Å². The number of nitrogens with zero attached hydrogens (tertiary/aromatic N) is 2. The van der Waals surface area contributed by atoms with Gasteiger partial charge in [0.25, 0.3) is 11.9 Å². The van der Waals surface area contributed by atoms with E-state index in [0.29, 0.717) is 28.2 Å². The first-order chi connectivity index (χ1) is 20.5. The maximum atomic E-state index is 15.6. The van der Waals surface area contributed by atoms with Crippen LogP contribution in [-0.2, 0) is 15.8 Å². The first kappa shape index (κ1) is 29.4. The first-order valence-corrected chi connectivity index (χ1v) is 13.2. The van der Waals surface area contributed by atoms with Gasteiger partial charge in [-0.25, -0.2) is 14.4 Å². The van der Waals surface area contributed by atoms with Gasteiger partial charge >= 0.3 is 5.92 Å². The highest BCUT2D eigenvalue weighted by molar-refractivity contribution is 5.90. The normalized spacial score (nSPS) is 18.9. The number of primary amides is 1. The van der Waals surface area contributed by atoms with E-state index in [4.69, 9.17) is 19.9 Å². The highest BCUT2D eigenvalue weighted by Gasteiger charge is 2.58. The smallest absolute Gasteiger partial charge is 0.311 e. The minimum atomic E-state index is -3.71. The lowest BCUT2D eigenvalue weighted by Crippen LogP contribution is -2.56. The molecule has 2 atom stereocenters. The molecule has 1 unspecified atom stereocenters. The highest BCUT2D eigenvalue weighted by Crippen LogP contribution is 2.45. The fourth-order valence-corrected chi connectivity index (χ4v) is 5.09. The SMILES string of the molecule is COc1ccc([C@](NC2=NC(C)(c3nc(C(N)=O)ccc3F)C(F)(F)CO2)(c2ccccc2)c2cccc(OC)c2)cc1. The highest BCUT2D eigenvalue weighted by atomic mass is 19.3. The second kappa shape index (κ2) is 11.3. The van der Waals surface area contributed by atoms with Crippen molar-refractivity contribution in [1.82, 2.24) is 10.3 Å². The molecule has 1 aliphatic heterocycles. The van der Waals surface area contributed by atoms with Gasteiger partial charge in [0.15, 0.2) is 12.1 Å². The predicted molar refractivity (Wildman–Crippen MR) is 154 cm³/mol. The molecule has 0 saturated heterocycles. The number of alkyl halides is 2. The molecule has 0 radical (unpaired) electrons. The van der Waals surface area contributed by atoms with Crippen LogP contribution in [0, 0.1) is 5.82 Å². The Hall–Kier alpha value is -5.06. The summed E-state index contributed by atoms with van der Waals surface area (Å²) in [5, 5.41) is 3.28. The number of rotatable bonds is 8. The molecule has 8 nitrogen and oxygen atoms in total. The van der Waals surface area contributed by atoms with Gasteiger partial charge in [-0.15, -0.1) is 0 Å². The van der Waals surface area contributed by atoms with Crippen LogP contribution >= 0.6 is 0 Å². The van der Waals surface area contributed by atoms with Crippen LogP contribution < -0.4 is 20.5 Å². The number of nitrogens with one attached hydrogen (secondary N) is 1. The summed E-state index contributed by atoms with van der Waals surface area (Å²) < 4.78 is 62.7. The fraction of sp³-hybridized carbons (Fsp3) is 0.219. The Balaban J connectivity index is 1.76. The molecule has 5 rings (SSSR count). The van der Waals surface area contributed by atoms with Crippen LogP contribution in [0.3, 0.4) is 0 Å². The molecule has 4 aromatic rings. The molecule has 11 heteroatoms. The number of pyridine rings is 1. The molecule has 3 N–H and O–H groups in total. The number of aromatic nitrogens is 1. The van der Waals surface area contributed by atoms with Gasteiger partial charge in [0.05, 0.1) is 14.2 Å². The van der Waals surface area contributed by atoms with E-state index in [1.807, 2.05) is 48.5 Å². The van der Waals surface area contributed by atoms with E-state index >= 15 is 13.2 Å². The number of carbonyl (C=O) groups is 1. The summed E-state index contributed by atoms with van der Waals surface area (Å²) in [5.41, 5.74) is 2.39. The van der Waals surface area contributed by atoms with Crippen LogP contribution in [0.2, 0.25) is 0 Å². The van der Waals surface area contributed by atoms with Crippen molar-refractivity contribution >= 4 is 11.9 Å². The van der Waals surface area contributed by atoms with E-state index in [1.54, 1.807) is 37.4 Å². The van der Waals surface area contributed by atoms with Crippen LogP contribution in [0.25, 0.3) is 0 Å². The number of amidine groups is 1. The lowest BCUT2D eigenvalue weighted by Gasteiger charge is -2.42. The Bertz CT molecular complexity index is 1670. The summed E-state index contributed by atoms with van der Waals surface area (Å²) >= 11 is 0. The number of aliphatic imine (C=N–C) groups is 1. The number of halogens is 3. The molecule has 0 aliphatic carbocycles. The average molecular weight is 591 g/mol. The summed E-state index contributed by atoms with van der Waals surface area (Å²) in [4.78, 5) is 19.9. The molecule has 1 aliphatic rings. The molecule has 1 amide bonds. The van der Waals surface area contributed by atoms with Crippen molar-refractivity contribution < 1.29 is 32.2 Å². The van der Waals surface area contributed by atoms with Crippen molar-refractivity contribution in [2.24, 2.45) is 10.7 Å². The Labute approximate surface area is 246 Å². The molecule has 43 heavy (non-hydrogen) atoms. The number of nitrogens with two attached hydrogens (primary N) is 1. The topological polar surface area (TPSA) is 108 Å². The molecular weight excluding hydrogens is 561 g/mol. The van der Waals surface area contributed by atoms with Crippen LogP contribution in [0.4, 0.5) is 13.2 Å². The summed E-state index contributed by atoms with van der Waals surface area (Å²) in [7, 11) is 3.08. The van der Waals surface area contributed by atoms with Crippen LogP contribution in [0.1, 0.15) is 39.8 Å². The molecule has 2 heterocycles. The second-order valence-corrected chi connectivity index (χ2v) is 10.1. The van der Waals surface area contributed by atoms with Gasteiger partial charge < -0.3 is 25.3 Å². The minimum absolute atomic E-state index is 0.304. The van der Waals surface area contributed by atoms with Gasteiger partial charge in [-0.2, -0.15) is 8.78 Å². The van der Waals surface area contributed by atoms with E-state index in [1.165, 1.54) is 7.11 Å². The van der Waals surface area contributed by atoms with Gasteiger partial charge in [-0.1, -0.05) is 54.6 Å². The van der Waals surface area contributed by atoms with E-state index in [0.717, 1.165) is 19.1 Å². The molecular formula is C32H29F3N4O4. The Kier molecular flexibility index (Phi) is 7.74. The predicted octanol–water partition coefficient (Wildman–Crippen LogP) is 5.16. The second-order valence-electron chi connectivity index (χ2n) is 10.1. The Morgan fingerprint density at radius 1 is 0.907 bits per heavy atom. The molecule has 0 fully saturated rings. The van der Waals surface area contributed by atoms with E-state index < -0.39 is 41.0 Å². The third kappa shape index (κ3) is 5.22. The standard InChI is InChI=1S/C32H29F3N4O4/c1-30(27-25(33)16-17-26(37-27)28(36)40)31(34,35)19-43-29(38-30)39-32(20-8-5-4-6-9-20,21-12-14-23(41-2)15-13-21)22-10-7-11-24(18-22)42-3/h4-18H,19H2,1-3H3,(H2,36,40)(H,38,39)/t30?,32-/m1/s1. The summed E-state index contributed by atoms with van der Waals surface area (Å²) in [6.07, 6.45) is 0. The third-order valence-corrected chi connectivity index (χ3v) is 7.51. The molecule has 1 aromatic heterocycles. The number of carbonyl (C=O) groups excluding carboxylic acids is 1. The number of ether oxygens (including phenoxy) is 3. The molecule has 0 bridgehead atoms. The van der Waals surface area contributed by atoms with Gasteiger partial charge in [-0.3, -0.25) is 4.79 Å². The largest absolute Gasteiger partial charge is 0.497 e. The van der Waals surface area contributed by atoms with Gasteiger partial charge in [0.2, 0.25) is 0 Å². The molecule has 0 saturated carbocycles. The Morgan fingerprint density at radius 3 is 2.21 bits per heavy atom.